The van der Waals surface area contributed by atoms with Gasteiger partial charge in [-0.25, -0.2) is 9.97 Å². The van der Waals surface area contributed by atoms with Gasteiger partial charge in [0.2, 0.25) is 0 Å². The van der Waals surface area contributed by atoms with Gasteiger partial charge >= 0.3 is 0 Å². The Morgan fingerprint density at radius 2 is 1.96 bits per heavy atom. The molecule has 25 heavy (non-hydrogen) atoms. The molecule has 0 saturated heterocycles. The minimum absolute atomic E-state index is 0.0444. The van der Waals surface area contributed by atoms with Crippen molar-refractivity contribution >= 4 is 22.4 Å². The number of hydrogen-bond donors (Lipinski definition) is 2. The van der Waals surface area contributed by atoms with Crippen molar-refractivity contribution in [2.75, 3.05) is 11.9 Å². The van der Waals surface area contributed by atoms with Crippen LogP contribution in [0.15, 0.2) is 61.2 Å². The van der Waals surface area contributed by atoms with E-state index >= 15 is 0 Å². The fraction of sp³-hybridized carbons (Fsp3) is 0.111. The monoisotopic (exact) mass is 332 g/mol. The maximum atomic E-state index is 9.01. The van der Waals surface area contributed by atoms with Gasteiger partial charge in [0.15, 0.2) is 5.82 Å². The summed E-state index contributed by atoms with van der Waals surface area (Å²) in [5.41, 5.74) is 2.50. The highest BCUT2D eigenvalue weighted by atomic mass is 16.3. The van der Waals surface area contributed by atoms with E-state index in [2.05, 4.69) is 25.4 Å². The lowest BCUT2D eigenvalue weighted by molar-refractivity contribution is 0.269. The molecule has 0 bridgehead atoms. The van der Waals surface area contributed by atoms with E-state index in [1.807, 2.05) is 42.6 Å². The molecule has 4 aromatic rings. The predicted octanol–water partition coefficient (Wildman–Crippen LogP) is 2.62. The second-order valence-electron chi connectivity index (χ2n) is 5.50. The zero-order valence-electron chi connectivity index (χ0n) is 13.4. The van der Waals surface area contributed by atoms with Crippen LogP contribution in [0.4, 0.5) is 11.5 Å². The lowest BCUT2D eigenvalue weighted by atomic mass is 10.2. The van der Waals surface area contributed by atoms with Crippen LogP contribution in [0.1, 0.15) is 0 Å². The van der Waals surface area contributed by atoms with Crippen LogP contribution in [-0.4, -0.2) is 36.4 Å². The first-order valence-corrected chi connectivity index (χ1v) is 7.91. The molecule has 0 atom stereocenters. The summed E-state index contributed by atoms with van der Waals surface area (Å²) in [7, 11) is 0. The minimum Gasteiger partial charge on any atom is -0.394 e. The Morgan fingerprint density at radius 1 is 1.04 bits per heavy atom. The van der Waals surface area contributed by atoms with Crippen molar-refractivity contribution in [3.63, 3.8) is 0 Å². The highest BCUT2D eigenvalue weighted by Gasteiger charge is 2.10. The Balaban J connectivity index is 1.78. The molecule has 7 nitrogen and oxygen atoms in total. The number of anilines is 2. The number of aliphatic hydroxyl groups excluding tert-OH is 1. The normalized spacial score (nSPS) is 10.9. The Kier molecular flexibility index (Phi) is 4.05. The maximum absolute atomic E-state index is 9.01. The summed E-state index contributed by atoms with van der Waals surface area (Å²) in [6.45, 7) is 0.496. The van der Waals surface area contributed by atoms with Gasteiger partial charge in [-0.1, -0.05) is 12.1 Å². The smallest absolute Gasteiger partial charge is 0.163 e. The number of pyridine rings is 1. The van der Waals surface area contributed by atoms with Crippen molar-refractivity contribution < 1.29 is 5.11 Å². The van der Waals surface area contributed by atoms with Crippen molar-refractivity contribution in [1.82, 2.24) is 24.7 Å². The fourth-order valence-corrected chi connectivity index (χ4v) is 2.59. The van der Waals surface area contributed by atoms with Crippen molar-refractivity contribution in [1.29, 1.82) is 0 Å². The molecule has 0 amide bonds. The third-order valence-electron chi connectivity index (χ3n) is 3.75. The maximum Gasteiger partial charge on any atom is 0.163 e. The third kappa shape index (κ3) is 3.17. The molecule has 0 unspecified atom stereocenters. The van der Waals surface area contributed by atoms with Gasteiger partial charge in [-0.15, -0.1) is 0 Å². The first-order chi connectivity index (χ1) is 12.3. The van der Waals surface area contributed by atoms with Crippen molar-refractivity contribution in [2.24, 2.45) is 0 Å². The molecular weight excluding hydrogens is 316 g/mol. The van der Waals surface area contributed by atoms with Gasteiger partial charge in [0.25, 0.3) is 0 Å². The third-order valence-corrected chi connectivity index (χ3v) is 3.75. The Bertz CT molecular complexity index is 999. The lowest BCUT2D eigenvalue weighted by Crippen LogP contribution is -2.02. The average Bonchev–Trinajstić information content (AvgIpc) is 3.10. The van der Waals surface area contributed by atoms with Gasteiger partial charge in [-0.3, -0.25) is 9.67 Å². The Labute approximate surface area is 144 Å². The summed E-state index contributed by atoms with van der Waals surface area (Å²) in [6, 6.07) is 11.6. The van der Waals surface area contributed by atoms with Gasteiger partial charge in [-0.2, -0.15) is 5.10 Å². The summed E-state index contributed by atoms with van der Waals surface area (Å²) in [6.07, 6.45) is 7.00. The number of para-hydroxylation sites is 1. The number of aromatic nitrogens is 5. The van der Waals surface area contributed by atoms with Gasteiger partial charge < -0.3 is 10.4 Å². The molecule has 0 saturated carbocycles. The van der Waals surface area contributed by atoms with E-state index in [1.165, 1.54) is 0 Å². The number of nitrogens with zero attached hydrogens (tertiary/aromatic N) is 5. The van der Waals surface area contributed by atoms with E-state index in [1.54, 1.807) is 23.3 Å². The van der Waals surface area contributed by atoms with E-state index in [9.17, 15) is 0 Å². The second kappa shape index (κ2) is 6.66. The first-order valence-electron chi connectivity index (χ1n) is 7.91. The highest BCUT2D eigenvalue weighted by molar-refractivity contribution is 5.92. The summed E-state index contributed by atoms with van der Waals surface area (Å²) >= 11 is 0. The van der Waals surface area contributed by atoms with Crippen LogP contribution in [0.5, 0.6) is 0 Å². The molecule has 124 valence electrons. The van der Waals surface area contributed by atoms with Gasteiger partial charge in [0.05, 0.1) is 30.6 Å². The molecule has 0 aliphatic rings. The molecule has 0 spiro atoms. The molecule has 3 aromatic heterocycles. The largest absolute Gasteiger partial charge is 0.394 e. The zero-order chi connectivity index (χ0) is 17.1. The van der Waals surface area contributed by atoms with Gasteiger partial charge in [0, 0.05) is 29.5 Å². The zero-order valence-corrected chi connectivity index (χ0v) is 13.4. The molecule has 2 N–H and O–H groups in total. The molecule has 0 fully saturated rings. The van der Waals surface area contributed by atoms with Crippen LogP contribution in [0.25, 0.3) is 22.3 Å². The number of hydrogen-bond acceptors (Lipinski definition) is 6. The molecule has 0 aliphatic carbocycles. The summed E-state index contributed by atoms with van der Waals surface area (Å²) in [4.78, 5) is 13.5. The lowest BCUT2D eigenvalue weighted by Gasteiger charge is -2.09. The summed E-state index contributed by atoms with van der Waals surface area (Å²) in [5.74, 6) is 1.31. The van der Waals surface area contributed by atoms with Crippen LogP contribution < -0.4 is 5.32 Å². The number of rotatable bonds is 5. The van der Waals surface area contributed by atoms with Crippen LogP contribution in [0, 0.1) is 0 Å². The van der Waals surface area contributed by atoms with Gasteiger partial charge in [0.1, 0.15) is 5.82 Å². The SMILES string of the molecule is OCCn1cc(Nc2nc(-c3cccnc3)nc3ccccc23)cn1. The molecule has 3 heterocycles. The van der Waals surface area contributed by atoms with E-state index in [0.29, 0.717) is 18.2 Å². The van der Waals surface area contributed by atoms with Crippen molar-refractivity contribution in [3.8, 4) is 11.4 Å². The first kappa shape index (κ1) is 15.2. The van der Waals surface area contributed by atoms with Crippen LogP contribution in [-0.2, 0) is 6.54 Å². The number of fused-ring (bicyclic) bond motifs is 1. The van der Waals surface area contributed by atoms with E-state index in [0.717, 1.165) is 22.2 Å². The van der Waals surface area contributed by atoms with Crippen molar-refractivity contribution in [3.05, 3.63) is 61.2 Å². The quantitative estimate of drug-likeness (QED) is 0.584. The highest BCUT2D eigenvalue weighted by Crippen LogP contribution is 2.26. The molecule has 0 aliphatic heterocycles. The molecule has 4 rings (SSSR count). The summed E-state index contributed by atoms with van der Waals surface area (Å²) in [5, 5.41) is 17.4. The topological polar surface area (TPSA) is 88.8 Å². The molecule has 7 heteroatoms. The van der Waals surface area contributed by atoms with E-state index in [-0.39, 0.29) is 6.61 Å². The number of benzene rings is 1. The Hall–Kier alpha value is -3.32. The van der Waals surface area contributed by atoms with E-state index in [4.69, 9.17) is 5.11 Å². The minimum atomic E-state index is 0.0444. The average molecular weight is 332 g/mol. The summed E-state index contributed by atoms with van der Waals surface area (Å²) < 4.78 is 1.67. The standard InChI is InChI=1S/C18H16N6O/c25-9-8-24-12-14(11-20-24)21-18-15-5-1-2-6-16(15)22-17(23-18)13-4-3-7-19-10-13/h1-7,10-12,25H,8-9H2,(H,21,22,23). The number of aliphatic hydroxyl groups is 1. The van der Waals surface area contributed by atoms with E-state index < -0.39 is 0 Å². The fourth-order valence-electron chi connectivity index (χ4n) is 2.59. The predicted molar refractivity (Wildman–Crippen MR) is 95.4 cm³/mol. The second-order valence-corrected chi connectivity index (χ2v) is 5.50. The molecule has 0 radical (unpaired) electrons. The molecule has 1 aromatic carbocycles. The number of nitrogens with one attached hydrogen (secondary N) is 1. The van der Waals surface area contributed by atoms with Crippen LogP contribution in [0.2, 0.25) is 0 Å². The van der Waals surface area contributed by atoms with Crippen LogP contribution >= 0.6 is 0 Å². The Morgan fingerprint density at radius 3 is 2.80 bits per heavy atom. The van der Waals surface area contributed by atoms with Crippen molar-refractivity contribution in [2.45, 2.75) is 6.54 Å². The molecular formula is C18H16N6O. The van der Waals surface area contributed by atoms with Crippen LogP contribution in [0.3, 0.4) is 0 Å². The van der Waals surface area contributed by atoms with Gasteiger partial charge in [-0.05, 0) is 24.3 Å².